The number of halogens is 1. The molecule has 6 nitrogen and oxygen atoms in total. The summed E-state index contributed by atoms with van der Waals surface area (Å²) in [6, 6.07) is 9.75. The van der Waals surface area contributed by atoms with Gasteiger partial charge in [-0.05, 0) is 19.1 Å². The molecule has 24 heavy (non-hydrogen) atoms. The number of para-hydroxylation sites is 2. The van der Waals surface area contributed by atoms with Gasteiger partial charge in [0.25, 0.3) is 0 Å². The Bertz CT molecular complexity index is 856. The molecule has 0 amide bonds. The van der Waals surface area contributed by atoms with Gasteiger partial charge >= 0.3 is 0 Å². The highest BCUT2D eigenvalue weighted by Gasteiger charge is 2.20. The molecule has 0 aliphatic carbocycles. The van der Waals surface area contributed by atoms with Crippen molar-refractivity contribution in [2.24, 2.45) is 0 Å². The standard InChI is InChI=1S/C17H17ClN6/c1-12-20-15(18)10-16(21-12)23-6-8-24(9-7-23)17-11-19-13-4-2-3-5-14(13)22-17/h2-5,10-11H,6-9H2,1H3. The summed E-state index contributed by atoms with van der Waals surface area (Å²) in [6.07, 6.45) is 1.85. The number of hydrogen-bond acceptors (Lipinski definition) is 6. The van der Waals surface area contributed by atoms with Crippen molar-refractivity contribution >= 4 is 34.3 Å². The Morgan fingerprint density at radius 1 is 0.875 bits per heavy atom. The van der Waals surface area contributed by atoms with Crippen LogP contribution in [0.5, 0.6) is 0 Å². The van der Waals surface area contributed by atoms with Gasteiger partial charge in [0.15, 0.2) is 0 Å². The van der Waals surface area contributed by atoms with Crippen molar-refractivity contribution in [1.82, 2.24) is 19.9 Å². The van der Waals surface area contributed by atoms with Crippen molar-refractivity contribution in [3.63, 3.8) is 0 Å². The maximum atomic E-state index is 6.04. The first-order valence-electron chi connectivity index (χ1n) is 7.92. The second-order valence-electron chi connectivity index (χ2n) is 5.79. The van der Waals surface area contributed by atoms with Gasteiger partial charge in [-0.2, -0.15) is 0 Å². The molecule has 3 aromatic rings. The molecule has 0 N–H and O–H groups in total. The minimum Gasteiger partial charge on any atom is -0.353 e. The van der Waals surface area contributed by atoms with E-state index in [4.69, 9.17) is 16.6 Å². The van der Waals surface area contributed by atoms with E-state index in [9.17, 15) is 0 Å². The minimum absolute atomic E-state index is 0.486. The second kappa shape index (κ2) is 6.20. The van der Waals surface area contributed by atoms with Crippen molar-refractivity contribution in [3.8, 4) is 0 Å². The van der Waals surface area contributed by atoms with Crippen LogP contribution in [-0.4, -0.2) is 46.1 Å². The van der Waals surface area contributed by atoms with Crippen LogP contribution in [0.4, 0.5) is 11.6 Å². The van der Waals surface area contributed by atoms with Gasteiger partial charge in [-0.15, -0.1) is 0 Å². The Hall–Kier alpha value is -2.47. The monoisotopic (exact) mass is 340 g/mol. The molecule has 1 aromatic carbocycles. The molecule has 1 aliphatic heterocycles. The van der Waals surface area contributed by atoms with E-state index in [2.05, 4.69) is 24.8 Å². The third-order valence-corrected chi connectivity index (χ3v) is 4.35. The van der Waals surface area contributed by atoms with Gasteiger partial charge in [0.2, 0.25) is 0 Å². The number of anilines is 2. The van der Waals surface area contributed by atoms with Crippen LogP contribution in [0.1, 0.15) is 5.82 Å². The predicted octanol–water partition coefficient (Wildman–Crippen LogP) is 2.71. The summed E-state index contributed by atoms with van der Waals surface area (Å²) in [6.45, 7) is 5.32. The molecular formula is C17H17ClN6. The third kappa shape index (κ3) is 2.97. The highest BCUT2D eigenvalue weighted by molar-refractivity contribution is 6.29. The van der Waals surface area contributed by atoms with Gasteiger partial charge in [0.1, 0.15) is 22.6 Å². The van der Waals surface area contributed by atoms with Crippen molar-refractivity contribution < 1.29 is 0 Å². The first-order valence-corrected chi connectivity index (χ1v) is 8.30. The highest BCUT2D eigenvalue weighted by atomic mass is 35.5. The van der Waals surface area contributed by atoms with Gasteiger partial charge in [-0.25, -0.2) is 15.0 Å². The number of aromatic nitrogens is 4. The van der Waals surface area contributed by atoms with Crippen molar-refractivity contribution in [2.45, 2.75) is 6.92 Å². The number of fused-ring (bicyclic) bond motifs is 1. The Balaban J connectivity index is 1.50. The summed E-state index contributed by atoms with van der Waals surface area (Å²) >= 11 is 6.04. The lowest BCUT2D eigenvalue weighted by atomic mass is 10.3. The molecule has 0 unspecified atom stereocenters. The fourth-order valence-corrected chi connectivity index (χ4v) is 3.16. The Kier molecular flexibility index (Phi) is 3.90. The number of aryl methyl sites for hydroxylation is 1. The van der Waals surface area contributed by atoms with E-state index >= 15 is 0 Å². The van der Waals surface area contributed by atoms with Gasteiger partial charge in [0.05, 0.1) is 17.2 Å². The van der Waals surface area contributed by atoms with Gasteiger partial charge < -0.3 is 9.80 Å². The van der Waals surface area contributed by atoms with Crippen LogP contribution in [0.25, 0.3) is 11.0 Å². The van der Waals surface area contributed by atoms with E-state index < -0.39 is 0 Å². The van der Waals surface area contributed by atoms with Crippen LogP contribution in [0.2, 0.25) is 5.15 Å². The van der Waals surface area contributed by atoms with Crippen molar-refractivity contribution in [3.05, 3.63) is 47.5 Å². The summed E-state index contributed by atoms with van der Waals surface area (Å²) in [7, 11) is 0. The third-order valence-electron chi connectivity index (χ3n) is 4.16. The molecule has 4 rings (SSSR count). The summed E-state index contributed by atoms with van der Waals surface area (Å²) in [5.74, 6) is 2.50. The van der Waals surface area contributed by atoms with Gasteiger partial charge in [-0.3, -0.25) is 4.98 Å². The van der Waals surface area contributed by atoms with E-state index in [0.29, 0.717) is 11.0 Å². The average molecular weight is 341 g/mol. The SMILES string of the molecule is Cc1nc(Cl)cc(N2CCN(c3cnc4ccccc4n3)CC2)n1. The zero-order chi connectivity index (χ0) is 16.5. The fraction of sp³-hybridized carbons (Fsp3) is 0.294. The number of hydrogen-bond donors (Lipinski definition) is 0. The molecule has 7 heteroatoms. The minimum atomic E-state index is 0.486. The summed E-state index contributed by atoms with van der Waals surface area (Å²) in [5, 5.41) is 0.486. The molecule has 0 radical (unpaired) electrons. The Labute approximate surface area is 145 Å². The van der Waals surface area contributed by atoms with Crippen molar-refractivity contribution in [1.29, 1.82) is 0 Å². The summed E-state index contributed by atoms with van der Waals surface area (Å²) in [4.78, 5) is 22.3. The van der Waals surface area contributed by atoms with Crippen LogP contribution in [0.3, 0.4) is 0 Å². The molecule has 0 atom stereocenters. The Morgan fingerprint density at radius 2 is 1.54 bits per heavy atom. The molecule has 122 valence electrons. The van der Waals surface area contributed by atoms with Gasteiger partial charge in [0, 0.05) is 32.2 Å². The molecule has 1 saturated heterocycles. The van der Waals surface area contributed by atoms with Crippen LogP contribution in [-0.2, 0) is 0 Å². The van der Waals surface area contributed by atoms with Gasteiger partial charge in [-0.1, -0.05) is 23.7 Å². The number of benzene rings is 1. The van der Waals surface area contributed by atoms with E-state index in [-0.39, 0.29) is 0 Å². The molecule has 0 saturated carbocycles. The lowest BCUT2D eigenvalue weighted by molar-refractivity contribution is 0.640. The Morgan fingerprint density at radius 3 is 2.25 bits per heavy atom. The smallest absolute Gasteiger partial charge is 0.147 e. The first-order chi connectivity index (χ1) is 11.7. The van der Waals surface area contributed by atoms with Crippen LogP contribution in [0, 0.1) is 6.92 Å². The van der Waals surface area contributed by atoms with Crippen LogP contribution >= 0.6 is 11.6 Å². The predicted molar refractivity (Wildman–Crippen MR) is 95.7 cm³/mol. The average Bonchev–Trinajstić information content (AvgIpc) is 2.61. The van der Waals surface area contributed by atoms with Crippen LogP contribution < -0.4 is 9.80 Å². The number of rotatable bonds is 2. The maximum Gasteiger partial charge on any atom is 0.147 e. The molecule has 0 spiro atoms. The molecule has 3 heterocycles. The number of nitrogens with zero attached hydrogens (tertiary/aromatic N) is 6. The van der Waals surface area contributed by atoms with E-state index in [1.165, 1.54) is 0 Å². The van der Waals surface area contributed by atoms with E-state index in [1.807, 2.05) is 43.5 Å². The highest BCUT2D eigenvalue weighted by Crippen LogP contribution is 2.21. The molecule has 1 aliphatic rings. The number of piperazine rings is 1. The molecule has 2 aromatic heterocycles. The zero-order valence-corrected chi connectivity index (χ0v) is 14.1. The summed E-state index contributed by atoms with van der Waals surface area (Å²) < 4.78 is 0. The van der Waals surface area contributed by atoms with E-state index in [1.54, 1.807) is 0 Å². The topological polar surface area (TPSA) is 58.0 Å². The molecular weight excluding hydrogens is 324 g/mol. The normalized spacial score (nSPS) is 15.1. The fourth-order valence-electron chi connectivity index (χ4n) is 2.94. The molecule has 0 bridgehead atoms. The summed E-state index contributed by atoms with van der Waals surface area (Å²) in [5.41, 5.74) is 1.85. The second-order valence-corrected chi connectivity index (χ2v) is 6.17. The maximum absolute atomic E-state index is 6.04. The van der Waals surface area contributed by atoms with E-state index in [0.717, 1.165) is 48.8 Å². The lowest BCUT2D eigenvalue weighted by Crippen LogP contribution is -2.47. The quantitative estimate of drug-likeness (QED) is 0.668. The van der Waals surface area contributed by atoms with Crippen LogP contribution in [0.15, 0.2) is 36.5 Å². The van der Waals surface area contributed by atoms with Crippen molar-refractivity contribution in [2.75, 3.05) is 36.0 Å². The zero-order valence-electron chi connectivity index (χ0n) is 13.4. The molecule has 1 fully saturated rings. The lowest BCUT2D eigenvalue weighted by Gasteiger charge is -2.36. The largest absolute Gasteiger partial charge is 0.353 e. The first kappa shape index (κ1) is 15.1.